The van der Waals surface area contributed by atoms with Crippen molar-refractivity contribution in [3.63, 3.8) is 0 Å². The average molecular weight is 466 g/mol. The standard InChI is InChI=1S/C25H31N5O4/c1-30-21-12-11-17(14-18(21)15-27-30)24(31)29-20(25(32)33)9-6-4-2-3-5-8-19-16-34-22-10-7-13-26-23(22)28-19/h7,10-15,19-20H,2-6,8-9,16H2,1H3,(H,26,28)(H,29,31)(H,32,33)/t19?,20-/m0/s1. The maximum atomic E-state index is 12.6. The predicted octanol–water partition coefficient (Wildman–Crippen LogP) is 3.76. The SMILES string of the molecule is Cn1ncc2cc(C(=O)N[C@@H](CCCCCCCC3COc4cccnc4N3)C(=O)O)ccc21. The molecule has 3 heterocycles. The number of unbranched alkanes of at least 4 members (excludes halogenated alkanes) is 4. The first kappa shape index (κ1) is 23.5. The monoisotopic (exact) mass is 465 g/mol. The van der Waals surface area contributed by atoms with Crippen molar-refractivity contribution in [1.82, 2.24) is 20.1 Å². The van der Waals surface area contributed by atoms with E-state index in [9.17, 15) is 14.7 Å². The summed E-state index contributed by atoms with van der Waals surface area (Å²) in [6.45, 7) is 0.645. The number of aryl methyl sites for hydroxylation is 1. The molecule has 2 atom stereocenters. The van der Waals surface area contributed by atoms with Gasteiger partial charge in [0.25, 0.3) is 5.91 Å². The number of carboxylic acids is 1. The molecule has 3 aromatic rings. The molecule has 1 aliphatic heterocycles. The summed E-state index contributed by atoms with van der Waals surface area (Å²) in [6, 6.07) is 8.39. The number of carboxylic acid groups (broad SMARTS) is 1. The molecule has 1 aliphatic rings. The molecule has 4 rings (SSSR count). The zero-order valence-electron chi connectivity index (χ0n) is 19.4. The van der Waals surface area contributed by atoms with Gasteiger partial charge < -0.3 is 20.5 Å². The molecule has 34 heavy (non-hydrogen) atoms. The lowest BCUT2D eigenvalue weighted by Crippen LogP contribution is -2.40. The van der Waals surface area contributed by atoms with Gasteiger partial charge >= 0.3 is 5.97 Å². The van der Waals surface area contributed by atoms with Gasteiger partial charge in [0.05, 0.1) is 17.8 Å². The van der Waals surface area contributed by atoms with Crippen molar-refractivity contribution in [2.75, 3.05) is 11.9 Å². The van der Waals surface area contributed by atoms with Crippen LogP contribution in [0.15, 0.2) is 42.7 Å². The number of anilines is 1. The highest BCUT2D eigenvalue weighted by Crippen LogP contribution is 2.27. The second-order valence-corrected chi connectivity index (χ2v) is 8.75. The molecule has 9 heteroatoms. The normalized spacial score (nSPS) is 15.7. The van der Waals surface area contributed by atoms with E-state index in [-0.39, 0.29) is 11.9 Å². The summed E-state index contributed by atoms with van der Waals surface area (Å²) in [5.41, 5.74) is 1.35. The van der Waals surface area contributed by atoms with Crippen molar-refractivity contribution in [2.24, 2.45) is 7.05 Å². The number of nitrogens with one attached hydrogen (secondary N) is 2. The summed E-state index contributed by atoms with van der Waals surface area (Å²) in [7, 11) is 1.83. The van der Waals surface area contributed by atoms with Crippen LogP contribution in [0.5, 0.6) is 5.75 Å². The van der Waals surface area contributed by atoms with Gasteiger partial charge in [-0.05, 0) is 43.2 Å². The number of aliphatic carboxylic acids is 1. The molecule has 180 valence electrons. The fourth-order valence-electron chi connectivity index (χ4n) is 4.27. The van der Waals surface area contributed by atoms with E-state index >= 15 is 0 Å². The number of hydrogen-bond acceptors (Lipinski definition) is 6. The number of hydrogen-bond donors (Lipinski definition) is 3. The Labute approximate surface area is 198 Å². The Kier molecular flexibility index (Phi) is 7.61. The minimum Gasteiger partial charge on any atom is -0.488 e. The van der Waals surface area contributed by atoms with Crippen LogP contribution in [-0.4, -0.2) is 50.4 Å². The molecule has 0 fully saturated rings. The fourth-order valence-corrected chi connectivity index (χ4v) is 4.27. The number of carbonyl (C=O) groups is 2. The van der Waals surface area contributed by atoms with Crippen LogP contribution in [0.4, 0.5) is 5.82 Å². The molecule has 0 saturated heterocycles. The summed E-state index contributed by atoms with van der Waals surface area (Å²) < 4.78 is 7.48. The number of carbonyl (C=O) groups excluding carboxylic acids is 1. The minimum atomic E-state index is -1.01. The first-order valence-electron chi connectivity index (χ1n) is 11.8. The molecule has 1 amide bonds. The van der Waals surface area contributed by atoms with Crippen LogP contribution in [-0.2, 0) is 11.8 Å². The van der Waals surface area contributed by atoms with E-state index in [2.05, 4.69) is 20.7 Å². The molecule has 0 bridgehead atoms. The van der Waals surface area contributed by atoms with Crippen molar-refractivity contribution in [2.45, 2.75) is 57.0 Å². The summed E-state index contributed by atoms with van der Waals surface area (Å²) in [5.74, 6) is 0.224. The number of aromatic nitrogens is 3. The molecule has 0 radical (unpaired) electrons. The van der Waals surface area contributed by atoms with Crippen molar-refractivity contribution in [1.29, 1.82) is 0 Å². The summed E-state index contributed by atoms with van der Waals surface area (Å²) in [5, 5.41) is 20.6. The van der Waals surface area contributed by atoms with Crippen LogP contribution < -0.4 is 15.4 Å². The van der Waals surface area contributed by atoms with Crippen LogP contribution in [0.1, 0.15) is 55.3 Å². The van der Waals surface area contributed by atoms with Crippen LogP contribution in [0, 0.1) is 0 Å². The maximum absolute atomic E-state index is 12.6. The second-order valence-electron chi connectivity index (χ2n) is 8.75. The zero-order chi connectivity index (χ0) is 23.9. The fraction of sp³-hybridized carbons (Fsp3) is 0.440. The number of fused-ring (bicyclic) bond motifs is 2. The lowest BCUT2D eigenvalue weighted by molar-refractivity contribution is -0.139. The largest absolute Gasteiger partial charge is 0.488 e. The summed E-state index contributed by atoms with van der Waals surface area (Å²) in [6.07, 6.45) is 9.71. The highest BCUT2D eigenvalue weighted by atomic mass is 16.5. The van der Waals surface area contributed by atoms with Crippen molar-refractivity contribution in [3.05, 3.63) is 48.3 Å². The minimum absolute atomic E-state index is 0.264. The van der Waals surface area contributed by atoms with Crippen LogP contribution in [0.25, 0.3) is 10.9 Å². The molecule has 2 aromatic heterocycles. The molecule has 9 nitrogen and oxygen atoms in total. The second kappa shape index (κ2) is 11.0. The van der Waals surface area contributed by atoms with Crippen LogP contribution in [0.3, 0.4) is 0 Å². The number of pyridine rings is 1. The van der Waals surface area contributed by atoms with Crippen molar-refractivity contribution in [3.8, 4) is 5.75 Å². The molecular weight excluding hydrogens is 434 g/mol. The van der Waals surface area contributed by atoms with Gasteiger partial charge in [0.1, 0.15) is 12.6 Å². The van der Waals surface area contributed by atoms with E-state index < -0.39 is 12.0 Å². The van der Waals surface area contributed by atoms with Gasteiger partial charge in [0.2, 0.25) is 0 Å². The van der Waals surface area contributed by atoms with E-state index in [1.165, 1.54) is 0 Å². The average Bonchev–Trinajstić information content (AvgIpc) is 3.22. The van der Waals surface area contributed by atoms with Crippen LogP contribution >= 0.6 is 0 Å². The summed E-state index contributed by atoms with van der Waals surface area (Å²) in [4.78, 5) is 28.6. The van der Waals surface area contributed by atoms with Crippen molar-refractivity contribution < 1.29 is 19.4 Å². The number of rotatable bonds is 11. The Balaban J connectivity index is 1.14. The Hall–Kier alpha value is -3.62. The Morgan fingerprint density at radius 1 is 1.24 bits per heavy atom. The van der Waals surface area contributed by atoms with Crippen LogP contribution in [0.2, 0.25) is 0 Å². The van der Waals surface area contributed by atoms with Gasteiger partial charge in [-0.1, -0.05) is 32.1 Å². The predicted molar refractivity (Wildman–Crippen MR) is 129 cm³/mol. The third-order valence-corrected chi connectivity index (χ3v) is 6.21. The molecule has 0 saturated carbocycles. The molecule has 1 aromatic carbocycles. The van der Waals surface area contributed by atoms with Gasteiger partial charge in [-0.2, -0.15) is 5.10 Å². The molecule has 0 spiro atoms. The quantitative estimate of drug-likeness (QED) is 0.369. The lowest BCUT2D eigenvalue weighted by Gasteiger charge is -2.26. The smallest absolute Gasteiger partial charge is 0.326 e. The van der Waals surface area contributed by atoms with Gasteiger partial charge in [-0.25, -0.2) is 9.78 Å². The molecule has 3 N–H and O–H groups in total. The number of nitrogens with zero attached hydrogens (tertiary/aromatic N) is 3. The molecule has 1 unspecified atom stereocenters. The molecule has 0 aliphatic carbocycles. The van der Waals surface area contributed by atoms with Gasteiger partial charge in [-0.15, -0.1) is 0 Å². The summed E-state index contributed by atoms with van der Waals surface area (Å²) >= 11 is 0. The number of amides is 1. The van der Waals surface area contributed by atoms with Gasteiger partial charge in [-0.3, -0.25) is 9.48 Å². The van der Waals surface area contributed by atoms with Crippen molar-refractivity contribution >= 4 is 28.6 Å². The highest BCUT2D eigenvalue weighted by molar-refractivity contribution is 5.99. The van der Waals surface area contributed by atoms with E-state index in [0.717, 1.165) is 61.0 Å². The zero-order valence-corrected chi connectivity index (χ0v) is 19.4. The highest BCUT2D eigenvalue weighted by Gasteiger charge is 2.21. The number of benzene rings is 1. The van der Waals surface area contributed by atoms with Gasteiger partial charge in [0.15, 0.2) is 11.6 Å². The maximum Gasteiger partial charge on any atom is 0.326 e. The topological polar surface area (TPSA) is 118 Å². The van der Waals surface area contributed by atoms with Gasteiger partial charge in [0, 0.05) is 24.2 Å². The Morgan fingerprint density at radius 2 is 2.06 bits per heavy atom. The molecular formula is C25H31N5O4. The lowest BCUT2D eigenvalue weighted by atomic mass is 10.0. The first-order chi connectivity index (χ1) is 16.5. The van der Waals surface area contributed by atoms with E-state index in [1.807, 2.05) is 25.2 Å². The Morgan fingerprint density at radius 3 is 2.91 bits per heavy atom. The third-order valence-electron chi connectivity index (χ3n) is 6.21. The Bertz CT molecular complexity index is 1150. The first-order valence-corrected chi connectivity index (χ1v) is 11.8. The van der Waals surface area contributed by atoms with E-state index in [4.69, 9.17) is 4.74 Å². The van der Waals surface area contributed by atoms with E-state index in [0.29, 0.717) is 18.6 Å². The number of ether oxygens (including phenoxy) is 1. The third kappa shape index (κ3) is 5.84. The van der Waals surface area contributed by atoms with E-state index in [1.54, 1.807) is 29.2 Å².